The van der Waals surface area contributed by atoms with Gasteiger partial charge in [-0.1, -0.05) is 32.9 Å². The van der Waals surface area contributed by atoms with Crippen LogP contribution in [0.5, 0.6) is 0 Å². The molecule has 10 heteroatoms. The number of hydrogen-bond acceptors (Lipinski definition) is 6. The zero-order chi connectivity index (χ0) is 28.4. The minimum absolute atomic E-state index is 0.178. The minimum Gasteiger partial charge on any atom is -0.361 e. The summed E-state index contributed by atoms with van der Waals surface area (Å²) < 4.78 is 6.21. The lowest BCUT2D eigenvalue weighted by atomic mass is 9.72. The molecule has 1 aliphatic carbocycles. The van der Waals surface area contributed by atoms with Gasteiger partial charge in [0.25, 0.3) is 11.8 Å². The molecule has 0 saturated carbocycles. The fourth-order valence-corrected chi connectivity index (χ4v) is 8.29. The van der Waals surface area contributed by atoms with Gasteiger partial charge in [0.2, 0.25) is 17.5 Å². The molecule has 5 heterocycles. The Morgan fingerprint density at radius 2 is 2.02 bits per heavy atom. The van der Waals surface area contributed by atoms with E-state index in [-0.39, 0.29) is 23.7 Å². The number of carbonyl (C=O) groups excluding carboxylic acids is 3. The smallest absolute Gasteiger partial charge is 0.280 e. The predicted molar refractivity (Wildman–Crippen MR) is 147 cm³/mol. The number of hydrogen-bond donors (Lipinski definition) is 3. The van der Waals surface area contributed by atoms with Gasteiger partial charge >= 0.3 is 0 Å². The van der Waals surface area contributed by atoms with Gasteiger partial charge in [-0.2, -0.15) is 0 Å². The van der Waals surface area contributed by atoms with E-state index in [0.29, 0.717) is 32.0 Å². The van der Waals surface area contributed by atoms with Crippen molar-refractivity contribution < 1.29 is 24.2 Å². The number of amides is 3. The van der Waals surface area contributed by atoms with E-state index in [4.69, 9.17) is 4.74 Å². The van der Waals surface area contributed by atoms with Crippen LogP contribution in [0.2, 0.25) is 0 Å². The van der Waals surface area contributed by atoms with Crippen molar-refractivity contribution in [2.75, 3.05) is 20.1 Å². The van der Waals surface area contributed by atoms with Crippen LogP contribution in [0.4, 0.5) is 0 Å². The summed E-state index contributed by atoms with van der Waals surface area (Å²) in [5, 5.41) is 16.1. The number of likely N-dealkylation sites (N-methyl/N-ethyl adjacent to an activating group) is 1. The second-order valence-corrected chi connectivity index (χ2v) is 13.8. The normalized spacial score (nSPS) is 37.5. The van der Waals surface area contributed by atoms with Crippen molar-refractivity contribution in [2.45, 2.75) is 89.1 Å². The Kier molecular flexibility index (Phi) is 5.39. The summed E-state index contributed by atoms with van der Waals surface area (Å²) in [6, 6.07) is 5.04. The van der Waals surface area contributed by atoms with Crippen molar-refractivity contribution in [3.63, 3.8) is 0 Å². The molecule has 0 unspecified atom stereocenters. The monoisotopic (exact) mass is 549 g/mol. The molecular formula is C30H39N5O5. The number of aromatic nitrogens is 1. The van der Waals surface area contributed by atoms with Crippen molar-refractivity contribution >= 4 is 28.6 Å². The van der Waals surface area contributed by atoms with Crippen molar-refractivity contribution in [1.29, 1.82) is 0 Å². The number of carbonyl (C=O) groups is 3. The molecule has 5 aliphatic rings. The van der Waals surface area contributed by atoms with E-state index < -0.39 is 35.0 Å². The van der Waals surface area contributed by atoms with Crippen LogP contribution < -0.4 is 5.32 Å². The van der Waals surface area contributed by atoms with Crippen molar-refractivity contribution in [1.82, 2.24) is 25.0 Å². The summed E-state index contributed by atoms with van der Waals surface area (Å²) in [5.74, 6) is -3.23. The summed E-state index contributed by atoms with van der Waals surface area (Å²) in [6.45, 7) is 8.21. The highest BCUT2D eigenvalue weighted by atomic mass is 16.7. The standard InChI is InChI=1S/C30H39N5O5/c1-28(2,3)24-26(37)34-11-7-10-22(34)30(39)35(24)27(38)29(4,40-30)32-25(36)17-12-19-18-8-6-9-20-23(18)16(14-31-20)13-21(19)33(5)15-17/h6,8-9,14,17,19,21-22,24,31,39H,7,10-13,15H2,1-5H3,(H,32,36)/t17-,19-,21-,22+,24-,29-,30+/m1/s1. The van der Waals surface area contributed by atoms with Gasteiger partial charge in [-0.3, -0.25) is 24.0 Å². The van der Waals surface area contributed by atoms with E-state index in [1.807, 2.05) is 20.8 Å². The van der Waals surface area contributed by atoms with E-state index in [1.54, 1.807) is 4.90 Å². The third-order valence-electron chi connectivity index (χ3n) is 10.1. The van der Waals surface area contributed by atoms with Crippen molar-refractivity contribution in [3.8, 4) is 0 Å². The molecule has 40 heavy (non-hydrogen) atoms. The highest BCUT2D eigenvalue weighted by molar-refractivity contribution is 5.97. The molecule has 4 saturated heterocycles. The average Bonchev–Trinajstić information content (AvgIpc) is 3.58. The summed E-state index contributed by atoms with van der Waals surface area (Å²) in [5.41, 5.74) is 1.25. The highest BCUT2D eigenvalue weighted by Crippen LogP contribution is 2.49. The highest BCUT2D eigenvalue weighted by Gasteiger charge is 2.71. The van der Waals surface area contributed by atoms with Crippen LogP contribution in [0, 0.1) is 11.3 Å². The van der Waals surface area contributed by atoms with E-state index in [0.717, 1.165) is 18.4 Å². The Bertz CT molecular complexity index is 1430. The molecule has 1 aromatic heterocycles. The first-order valence-electron chi connectivity index (χ1n) is 14.5. The third-order valence-corrected chi connectivity index (χ3v) is 10.1. The maximum absolute atomic E-state index is 14.0. The first-order chi connectivity index (χ1) is 18.8. The van der Waals surface area contributed by atoms with Crippen LogP contribution in [0.25, 0.3) is 10.9 Å². The molecule has 10 nitrogen and oxygen atoms in total. The van der Waals surface area contributed by atoms with Crippen LogP contribution >= 0.6 is 0 Å². The lowest BCUT2D eigenvalue weighted by Gasteiger charge is -2.52. The second-order valence-electron chi connectivity index (χ2n) is 13.8. The molecule has 4 fully saturated rings. The predicted octanol–water partition coefficient (Wildman–Crippen LogP) is 1.88. The Balaban J connectivity index is 1.18. The number of nitrogens with zero attached hydrogens (tertiary/aromatic N) is 3. The molecule has 7 atom stereocenters. The van der Waals surface area contributed by atoms with E-state index >= 15 is 0 Å². The molecule has 0 radical (unpaired) electrons. The minimum atomic E-state index is -2.00. The number of aromatic amines is 1. The lowest BCUT2D eigenvalue weighted by molar-refractivity contribution is -0.320. The van der Waals surface area contributed by atoms with E-state index in [2.05, 4.69) is 46.6 Å². The molecule has 1 aromatic carbocycles. The fourth-order valence-electron chi connectivity index (χ4n) is 8.29. The maximum atomic E-state index is 14.0. The first-order valence-corrected chi connectivity index (χ1v) is 14.5. The van der Waals surface area contributed by atoms with E-state index in [1.165, 1.54) is 28.3 Å². The molecular weight excluding hydrogens is 510 g/mol. The molecule has 3 amide bonds. The Hall–Kier alpha value is -2.95. The number of aliphatic hydroxyl groups is 1. The number of nitrogens with one attached hydrogen (secondary N) is 2. The van der Waals surface area contributed by atoms with Gasteiger partial charge in [-0.15, -0.1) is 0 Å². The average molecular weight is 550 g/mol. The maximum Gasteiger partial charge on any atom is 0.280 e. The molecule has 4 aliphatic heterocycles. The third kappa shape index (κ3) is 3.42. The fraction of sp³-hybridized carbons (Fsp3) is 0.633. The summed E-state index contributed by atoms with van der Waals surface area (Å²) in [4.78, 5) is 50.0. The van der Waals surface area contributed by atoms with Gasteiger partial charge in [0, 0.05) is 42.1 Å². The zero-order valence-corrected chi connectivity index (χ0v) is 23.9. The Morgan fingerprint density at radius 3 is 2.77 bits per heavy atom. The number of benzene rings is 1. The molecule has 2 aromatic rings. The number of rotatable bonds is 2. The number of piperidine rings is 1. The number of likely N-dealkylation sites (tertiary alicyclic amines) is 1. The summed E-state index contributed by atoms with van der Waals surface area (Å²) in [7, 11) is 2.06. The SMILES string of the molecule is CN1C[C@H](C(=O)N[C@]2(C)O[C@@]3(O)[C@@H]4CCCN4C(=O)[C@H](C(C)(C)C)N3C2=O)C[C@@H]2c3cccc4[nH]cc(c34)C[C@H]21. The number of piperazine rings is 1. The van der Waals surface area contributed by atoms with Gasteiger partial charge < -0.3 is 25.2 Å². The van der Waals surface area contributed by atoms with Crippen molar-refractivity contribution in [3.05, 3.63) is 35.5 Å². The second kappa shape index (κ2) is 8.30. The Labute approximate surface area is 234 Å². The number of fused-ring (bicyclic) bond motifs is 5. The molecule has 0 spiro atoms. The quantitative estimate of drug-likeness (QED) is 0.527. The molecule has 3 N–H and O–H groups in total. The van der Waals surface area contributed by atoms with Crippen LogP contribution in [0.3, 0.4) is 0 Å². The van der Waals surface area contributed by atoms with Crippen LogP contribution in [-0.4, -0.2) is 92.4 Å². The van der Waals surface area contributed by atoms with Gasteiger partial charge in [0.1, 0.15) is 12.1 Å². The van der Waals surface area contributed by atoms with Gasteiger partial charge in [0.05, 0.1) is 5.92 Å². The zero-order valence-electron chi connectivity index (χ0n) is 23.9. The molecule has 7 rings (SSSR count). The van der Waals surface area contributed by atoms with Crippen LogP contribution in [-0.2, 0) is 25.5 Å². The molecule has 214 valence electrons. The molecule has 0 bridgehead atoms. The largest absolute Gasteiger partial charge is 0.361 e. The van der Waals surface area contributed by atoms with Crippen molar-refractivity contribution in [2.24, 2.45) is 11.3 Å². The summed E-state index contributed by atoms with van der Waals surface area (Å²) in [6.07, 6.45) is 4.92. The first kappa shape index (κ1) is 26.0. The number of H-pyrrole nitrogens is 1. The lowest BCUT2D eigenvalue weighted by Crippen LogP contribution is -2.73. The Morgan fingerprint density at radius 1 is 1.25 bits per heavy atom. The summed E-state index contributed by atoms with van der Waals surface area (Å²) >= 11 is 0. The van der Waals surface area contributed by atoms with E-state index in [9.17, 15) is 19.5 Å². The van der Waals surface area contributed by atoms with Gasteiger partial charge in [-0.05, 0) is 62.3 Å². The number of ether oxygens (including phenoxy) is 1. The van der Waals surface area contributed by atoms with Crippen LogP contribution in [0.1, 0.15) is 64.0 Å². The van der Waals surface area contributed by atoms with Crippen LogP contribution in [0.15, 0.2) is 24.4 Å². The topological polar surface area (TPSA) is 118 Å². The van der Waals surface area contributed by atoms with Gasteiger partial charge in [0.15, 0.2) is 0 Å². The van der Waals surface area contributed by atoms with Gasteiger partial charge in [-0.25, -0.2) is 0 Å².